The summed E-state index contributed by atoms with van der Waals surface area (Å²) in [7, 11) is 1.81. The fourth-order valence-corrected chi connectivity index (χ4v) is 1.96. The van der Waals surface area contributed by atoms with Gasteiger partial charge in [0.2, 0.25) is 5.82 Å². The van der Waals surface area contributed by atoms with Gasteiger partial charge in [-0.3, -0.25) is 10.1 Å². The fourth-order valence-electron chi connectivity index (χ4n) is 1.18. The van der Waals surface area contributed by atoms with E-state index in [1.807, 2.05) is 6.26 Å². The van der Waals surface area contributed by atoms with Gasteiger partial charge < -0.3 is 4.90 Å². The van der Waals surface area contributed by atoms with Gasteiger partial charge in [-0.1, -0.05) is 0 Å². The molecule has 0 saturated heterocycles. The number of nitro groups is 1. The van der Waals surface area contributed by atoms with Crippen molar-refractivity contribution < 1.29 is 4.92 Å². The minimum absolute atomic E-state index is 0.0259. The second-order valence-corrected chi connectivity index (χ2v) is 5.07. The van der Waals surface area contributed by atoms with Crippen molar-refractivity contribution in [1.29, 1.82) is 0 Å². The molecule has 0 bridgehead atoms. The molecule has 0 radical (unpaired) electrons. The van der Waals surface area contributed by atoms with Crippen molar-refractivity contribution in [1.82, 2.24) is 4.98 Å². The van der Waals surface area contributed by atoms with Crippen LogP contribution < -0.4 is 4.90 Å². The van der Waals surface area contributed by atoms with Crippen molar-refractivity contribution in [2.75, 3.05) is 30.5 Å². The predicted octanol–water partition coefficient (Wildman–Crippen LogP) is 2.55. The maximum atomic E-state index is 10.9. The summed E-state index contributed by atoms with van der Waals surface area (Å²) in [6.07, 6.45) is 3.56. The maximum absolute atomic E-state index is 10.9. The topological polar surface area (TPSA) is 59.3 Å². The number of pyridine rings is 1. The number of hydrogen-bond donors (Lipinski definition) is 0. The van der Waals surface area contributed by atoms with Gasteiger partial charge >= 0.3 is 5.69 Å². The van der Waals surface area contributed by atoms with Crippen LogP contribution in [0.4, 0.5) is 11.5 Å². The lowest BCUT2D eigenvalue weighted by Crippen LogP contribution is -2.22. The minimum Gasteiger partial charge on any atom is -0.353 e. The normalized spacial score (nSPS) is 10.2. The Morgan fingerprint density at radius 1 is 1.69 bits per heavy atom. The van der Waals surface area contributed by atoms with Gasteiger partial charge in [0.05, 0.1) is 4.92 Å². The SMILES string of the molecule is CSCCN(C)c1ncc(Br)cc1[N+](=O)[O-]. The molecule has 0 spiro atoms. The highest BCUT2D eigenvalue weighted by molar-refractivity contribution is 9.10. The maximum Gasteiger partial charge on any atom is 0.312 e. The molecule has 0 saturated carbocycles. The minimum atomic E-state index is -0.414. The van der Waals surface area contributed by atoms with Crippen LogP contribution in [0.5, 0.6) is 0 Å². The monoisotopic (exact) mass is 305 g/mol. The lowest BCUT2D eigenvalue weighted by atomic mass is 10.3. The quantitative estimate of drug-likeness (QED) is 0.618. The van der Waals surface area contributed by atoms with E-state index in [0.717, 1.165) is 12.3 Å². The third-order valence-corrected chi connectivity index (χ3v) is 3.03. The van der Waals surface area contributed by atoms with Crippen LogP contribution in [0.2, 0.25) is 0 Å². The Hall–Kier alpha value is -0.820. The summed E-state index contributed by atoms with van der Waals surface area (Å²) in [6.45, 7) is 0.733. The molecule has 88 valence electrons. The molecule has 0 unspecified atom stereocenters. The van der Waals surface area contributed by atoms with Crippen LogP contribution in [-0.4, -0.2) is 35.5 Å². The van der Waals surface area contributed by atoms with E-state index in [0.29, 0.717) is 10.3 Å². The molecule has 16 heavy (non-hydrogen) atoms. The summed E-state index contributed by atoms with van der Waals surface area (Å²) < 4.78 is 0.612. The van der Waals surface area contributed by atoms with E-state index in [-0.39, 0.29) is 5.69 Å². The molecular formula is C9H12BrN3O2S. The Balaban J connectivity index is 2.98. The van der Waals surface area contributed by atoms with E-state index in [2.05, 4.69) is 20.9 Å². The molecule has 5 nitrogen and oxygen atoms in total. The molecule has 1 aromatic heterocycles. The second kappa shape index (κ2) is 6.05. The van der Waals surface area contributed by atoms with Gasteiger partial charge in [-0.25, -0.2) is 4.98 Å². The Kier molecular flexibility index (Phi) is 5.01. The van der Waals surface area contributed by atoms with E-state index in [1.54, 1.807) is 29.9 Å². The summed E-state index contributed by atoms with van der Waals surface area (Å²) >= 11 is 4.87. The first-order chi connectivity index (χ1) is 7.56. The lowest BCUT2D eigenvalue weighted by Gasteiger charge is -2.17. The van der Waals surface area contributed by atoms with Gasteiger partial charge in [0, 0.05) is 36.1 Å². The van der Waals surface area contributed by atoms with Crippen molar-refractivity contribution >= 4 is 39.2 Å². The standard InChI is InChI=1S/C9H12BrN3O2S/c1-12(3-4-16-2)9-8(13(14)15)5-7(10)6-11-9/h5-6H,3-4H2,1-2H3. The first-order valence-electron chi connectivity index (χ1n) is 4.56. The van der Waals surface area contributed by atoms with Gasteiger partial charge in [0.25, 0.3) is 0 Å². The van der Waals surface area contributed by atoms with Crippen LogP contribution in [0, 0.1) is 10.1 Å². The number of anilines is 1. The van der Waals surface area contributed by atoms with Crippen LogP contribution in [0.15, 0.2) is 16.7 Å². The Morgan fingerprint density at radius 3 is 2.94 bits per heavy atom. The summed E-state index contributed by atoms with van der Waals surface area (Å²) in [4.78, 5) is 16.3. The van der Waals surface area contributed by atoms with Crippen LogP contribution in [-0.2, 0) is 0 Å². The van der Waals surface area contributed by atoms with Crippen LogP contribution >= 0.6 is 27.7 Å². The molecule has 7 heteroatoms. The number of rotatable bonds is 5. The molecule has 1 rings (SSSR count). The zero-order valence-electron chi connectivity index (χ0n) is 9.01. The van der Waals surface area contributed by atoms with Crippen LogP contribution in [0.25, 0.3) is 0 Å². The van der Waals surface area contributed by atoms with Crippen molar-refractivity contribution in [3.05, 3.63) is 26.9 Å². The van der Waals surface area contributed by atoms with Crippen molar-refractivity contribution in [3.63, 3.8) is 0 Å². The molecule has 1 heterocycles. The zero-order chi connectivity index (χ0) is 12.1. The number of hydrogen-bond acceptors (Lipinski definition) is 5. The predicted molar refractivity (Wildman–Crippen MR) is 70.2 cm³/mol. The zero-order valence-corrected chi connectivity index (χ0v) is 11.4. The van der Waals surface area contributed by atoms with Gasteiger partial charge in [0.1, 0.15) is 0 Å². The Labute approximate surface area is 107 Å². The van der Waals surface area contributed by atoms with Gasteiger partial charge in [-0.2, -0.15) is 11.8 Å². The van der Waals surface area contributed by atoms with Crippen molar-refractivity contribution in [2.24, 2.45) is 0 Å². The fraction of sp³-hybridized carbons (Fsp3) is 0.444. The van der Waals surface area contributed by atoms with E-state index >= 15 is 0 Å². The van der Waals surface area contributed by atoms with E-state index in [9.17, 15) is 10.1 Å². The number of nitrogens with zero attached hydrogens (tertiary/aromatic N) is 3. The van der Waals surface area contributed by atoms with Gasteiger partial charge in [-0.05, 0) is 22.2 Å². The molecule has 0 fully saturated rings. The number of halogens is 1. The van der Waals surface area contributed by atoms with E-state index in [1.165, 1.54) is 6.07 Å². The highest BCUT2D eigenvalue weighted by Crippen LogP contribution is 2.27. The van der Waals surface area contributed by atoms with E-state index in [4.69, 9.17) is 0 Å². The third-order valence-electron chi connectivity index (χ3n) is 2.00. The summed E-state index contributed by atoms with van der Waals surface area (Å²) in [5.41, 5.74) is 0.0259. The molecule has 0 aliphatic heterocycles. The van der Waals surface area contributed by atoms with Crippen molar-refractivity contribution in [2.45, 2.75) is 0 Å². The average molecular weight is 306 g/mol. The van der Waals surface area contributed by atoms with Gasteiger partial charge in [0.15, 0.2) is 0 Å². The molecule has 0 aliphatic carbocycles. The smallest absolute Gasteiger partial charge is 0.312 e. The highest BCUT2D eigenvalue weighted by atomic mass is 79.9. The molecule has 1 aromatic rings. The van der Waals surface area contributed by atoms with Crippen LogP contribution in [0.3, 0.4) is 0 Å². The molecule has 0 aliphatic rings. The first-order valence-corrected chi connectivity index (χ1v) is 6.75. The molecular weight excluding hydrogens is 294 g/mol. The van der Waals surface area contributed by atoms with Gasteiger partial charge in [-0.15, -0.1) is 0 Å². The third kappa shape index (κ3) is 3.34. The van der Waals surface area contributed by atoms with Crippen LogP contribution in [0.1, 0.15) is 0 Å². The molecule has 0 atom stereocenters. The van der Waals surface area contributed by atoms with E-state index < -0.39 is 4.92 Å². The second-order valence-electron chi connectivity index (χ2n) is 3.17. The summed E-state index contributed by atoms with van der Waals surface area (Å²) in [6, 6.07) is 1.47. The van der Waals surface area contributed by atoms with Crippen molar-refractivity contribution in [3.8, 4) is 0 Å². The first kappa shape index (κ1) is 13.2. The highest BCUT2D eigenvalue weighted by Gasteiger charge is 2.18. The number of thioether (sulfide) groups is 1. The largest absolute Gasteiger partial charge is 0.353 e. The number of aromatic nitrogens is 1. The molecule has 0 amide bonds. The summed E-state index contributed by atoms with van der Waals surface area (Å²) in [5.74, 6) is 1.31. The lowest BCUT2D eigenvalue weighted by molar-refractivity contribution is -0.384. The Bertz CT molecular complexity index is 389. The average Bonchev–Trinajstić information content (AvgIpc) is 2.25. The summed E-state index contributed by atoms with van der Waals surface area (Å²) in [5, 5.41) is 10.9. The molecule has 0 aromatic carbocycles. The Morgan fingerprint density at radius 2 is 2.38 bits per heavy atom. The molecule has 0 N–H and O–H groups in total.